The third-order valence-electron chi connectivity index (χ3n) is 3.18. The van der Waals surface area contributed by atoms with E-state index in [0.717, 1.165) is 25.5 Å². The number of hydrogen-bond acceptors (Lipinski definition) is 2. The van der Waals surface area contributed by atoms with Crippen LogP contribution in [0.3, 0.4) is 0 Å². The molecule has 0 amide bonds. The Morgan fingerprint density at radius 3 is 2.86 bits per heavy atom. The van der Waals surface area contributed by atoms with Crippen LogP contribution in [0.4, 0.5) is 0 Å². The Morgan fingerprint density at radius 1 is 1.43 bits per heavy atom. The molecule has 0 bridgehead atoms. The van der Waals surface area contributed by atoms with Crippen LogP contribution in [0.25, 0.3) is 0 Å². The van der Waals surface area contributed by atoms with Gasteiger partial charge in [0.05, 0.1) is 6.10 Å². The second kappa shape index (κ2) is 4.45. The minimum atomic E-state index is 0.514. The highest BCUT2D eigenvalue weighted by molar-refractivity contribution is 4.95. The molecule has 0 aromatic heterocycles. The van der Waals surface area contributed by atoms with Crippen LogP contribution < -0.4 is 5.32 Å². The predicted octanol–water partition coefficient (Wildman–Crippen LogP) is 2.11. The van der Waals surface area contributed by atoms with E-state index in [-0.39, 0.29) is 0 Å². The summed E-state index contributed by atoms with van der Waals surface area (Å²) in [5, 5.41) is 3.60. The maximum absolute atomic E-state index is 5.76. The highest BCUT2D eigenvalue weighted by atomic mass is 16.5. The average Bonchev–Trinajstić information content (AvgIpc) is 2.87. The van der Waals surface area contributed by atoms with Crippen molar-refractivity contribution in [2.75, 3.05) is 13.2 Å². The predicted molar refractivity (Wildman–Crippen MR) is 58.3 cm³/mol. The van der Waals surface area contributed by atoms with Gasteiger partial charge in [0.2, 0.25) is 0 Å². The Morgan fingerprint density at radius 2 is 2.21 bits per heavy atom. The van der Waals surface area contributed by atoms with E-state index >= 15 is 0 Å². The molecule has 2 unspecified atom stereocenters. The lowest BCUT2D eigenvalue weighted by Gasteiger charge is -2.19. The van der Waals surface area contributed by atoms with E-state index in [1.165, 1.54) is 24.8 Å². The molecule has 1 aliphatic heterocycles. The highest BCUT2D eigenvalue weighted by Crippen LogP contribution is 2.38. The normalized spacial score (nSPS) is 32.1. The summed E-state index contributed by atoms with van der Waals surface area (Å²) in [5.74, 6) is 0.861. The van der Waals surface area contributed by atoms with Gasteiger partial charge >= 0.3 is 0 Å². The lowest BCUT2D eigenvalue weighted by molar-refractivity contribution is 0.0813. The summed E-state index contributed by atoms with van der Waals surface area (Å²) < 4.78 is 5.76. The fraction of sp³-hybridized carbons (Fsp3) is 0.833. The second-order valence-electron chi connectivity index (χ2n) is 4.73. The number of ether oxygens (including phenoxy) is 1. The van der Waals surface area contributed by atoms with E-state index in [0.29, 0.717) is 12.1 Å². The first-order valence-electron chi connectivity index (χ1n) is 5.77. The van der Waals surface area contributed by atoms with Gasteiger partial charge in [-0.1, -0.05) is 5.57 Å². The molecule has 0 aromatic carbocycles. The molecule has 2 nitrogen and oxygen atoms in total. The van der Waals surface area contributed by atoms with Gasteiger partial charge in [0.1, 0.15) is 0 Å². The molecule has 1 heterocycles. The highest BCUT2D eigenvalue weighted by Gasteiger charge is 2.40. The third-order valence-corrected chi connectivity index (χ3v) is 3.18. The van der Waals surface area contributed by atoms with E-state index in [9.17, 15) is 0 Å². The van der Waals surface area contributed by atoms with Crippen LogP contribution in [0.5, 0.6) is 0 Å². The summed E-state index contributed by atoms with van der Waals surface area (Å²) in [6.07, 6.45) is 5.55. The molecule has 0 spiro atoms. The molecule has 2 fully saturated rings. The van der Waals surface area contributed by atoms with Crippen LogP contribution in [0, 0.1) is 5.92 Å². The number of nitrogens with one attached hydrogen (secondary N) is 1. The van der Waals surface area contributed by atoms with Crippen molar-refractivity contribution in [2.45, 2.75) is 44.8 Å². The Balaban J connectivity index is 1.70. The van der Waals surface area contributed by atoms with Crippen molar-refractivity contribution in [3.8, 4) is 0 Å². The van der Waals surface area contributed by atoms with Gasteiger partial charge in [0.25, 0.3) is 0 Å². The maximum Gasteiger partial charge on any atom is 0.0756 e. The third kappa shape index (κ3) is 2.58. The summed E-state index contributed by atoms with van der Waals surface area (Å²) in [4.78, 5) is 0. The first-order valence-corrected chi connectivity index (χ1v) is 5.77. The van der Waals surface area contributed by atoms with Gasteiger partial charge in [0.15, 0.2) is 0 Å². The molecular weight excluding hydrogens is 174 g/mol. The maximum atomic E-state index is 5.76. The van der Waals surface area contributed by atoms with Crippen molar-refractivity contribution < 1.29 is 4.74 Å². The number of rotatable bonds is 5. The van der Waals surface area contributed by atoms with E-state index in [2.05, 4.69) is 18.8 Å². The minimum Gasteiger partial charge on any atom is -0.376 e. The molecule has 2 atom stereocenters. The molecular formula is C12H21NO. The first-order chi connectivity index (χ1) is 6.77. The summed E-state index contributed by atoms with van der Waals surface area (Å²) in [6, 6.07) is 0.613. The minimum absolute atomic E-state index is 0.514. The van der Waals surface area contributed by atoms with E-state index in [1.54, 1.807) is 0 Å². The molecule has 1 N–H and O–H groups in total. The van der Waals surface area contributed by atoms with Crippen molar-refractivity contribution in [3.63, 3.8) is 0 Å². The Hall–Kier alpha value is -0.340. The van der Waals surface area contributed by atoms with Crippen LogP contribution in [-0.2, 0) is 4.74 Å². The van der Waals surface area contributed by atoms with Crippen LogP contribution >= 0.6 is 0 Å². The van der Waals surface area contributed by atoms with Gasteiger partial charge in [-0.25, -0.2) is 0 Å². The molecule has 1 saturated carbocycles. The fourth-order valence-electron chi connectivity index (χ4n) is 2.19. The zero-order valence-corrected chi connectivity index (χ0v) is 9.09. The Labute approximate surface area is 86.7 Å². The van der Waals surface area contributed by atoms with E-state index in [1.807, 2.05) is 0 Å². The molecule has 80 valence electrons. The van der Waals surface area contributed by atoms with Crippen LogP contribution in [0.2, 0.25) is 0 Å². The standard InChI is InChI=1S/C12H21NO/c1-9(2)5-7-13-11-6-8-14-12(11)10-3-4-10/h10-13H,1,3-8H2,2H3. The summed E-state index contributed by atoms with van der Waals surface area (Å²) >= 11 is 0. The van der Waals surface area contributed by atoms with Gasteiger partial charge in [-0.05, 0) is 45.1 Å². The molecule has 0 radical (unpaired) electrons. The van der Waals surface area contributed by atoms with Crippen LogP contribution in [0.1, 0.15) is 32.6 Å². The molecule has 1 aliphatic carbocycles. The molecule has 2 heteroatoms. The molecule has 14 heavy (non-hydrogen) atoms. The SMILES string of the molecule is C=C(C)CCNC1CCOC1C1CC1. The van der Waals surface area contributed by atoms with Crippen molar-refractivity contribution in [3.05, 3.63) is 12.2 Å². The lowest BCUT2D eigenvalue weighted by atomic mass is 10.1. The summed E-state index contributed by atoms with van der Waals surface area (Å²) in [6.45, 7) is 8.02. The van der Waals surface area contributed by atoms with Gasteiger partial charge < -0.3 is 10.1 Å². The van der Waals surface area contributed by atoms with Crippen LogP contribution in [-0.4, -0.2) is 25.3 Å². The van der Waals surface area contributed by atoms with Crippen molar-refractivity contribution in [2.24, 2.45) is 5.92 Å². The van der Waals surface area contributed by atoms with Gasteiger partial charge in [-0.2, -0.15) is 0 Å². The topological polar surface area (TPSA) is 21.3 Å². The Kier molecular flexibility index (Phi) is 3.24. The molecule has 2 aliphatic rings. The zero-order valence-electron chi connectivity index (χ0n) is 9.09. The van der Waals surface area contributed by atoms with Crippen molar-refractivity contribution in [1.29, 1.82) is 0 Å². The monoisotopic (exact) mass is 195 g/mol. The number of hydrogen-bond donors (Lipinski definition) is 1. The van der Waals surface area contributed by atoms with Crippen molar-refractivity contribution >= 4 is 0 Å². The Bertz CT molecular complexity index is 210. The fourth-order valence-corrected chi connectivity index (χ4v) is 2.19. The summed E-state index contributed by atoms with van der Waals surface area (Å²) in [7, 11) is 0. The smallest absolute Gasteiger partial charge is 0.0756 e. The summed E-state index contributed by atoms with van der Waals surface area (Å²) in [5.41, 5.74) is 1.26. The molecule has 0 aromatic rings. The molecule has 2 rings (SSSR count). The van der Waals surface area contributed by atoms with E-state index in [4.69, 9.17) is 4.74 Å². The second-order valence-corrected chi connectivity index (χ2v) is 4.73. The van der Waals surface area contributed by atoms with E-state index < -0.39 is 0 Å². The lowest BCUT2D eigenvalue weighted by Crippen LogP contribution is -2.38. The van der Waals surface area contributed by atoms with Gasteiger partial charge in [0, 0.05) is 12.6 Å². The molecule has 1 saturated heterocycles. The quantitative estimate of drug-likeness (QED) is 0.678. The van der Waals surface area contributed by atoms with Crippen LogP contribution in [0.15, 0.2) is 12.2 Å². The zero-order chi connectivity index (χ0) is 9.97. The van der Waals surface area contributed by atoms with Gasteiger partial charge in [-0.15, -0.1) is 6.58 Å². The first kappa shape index (κ1) is 10.2. The largest absolute Gasteiger partial charge is 0.376 e. The van der Waals surface area contributed by atoms with Gasteiger partial charge in [-0.3, -0.25) is 0 Å². The van der Waals surface area contributed by atoms with Crippen molar-refractivity contribution in [1.82, 2.24) is 5.32 Å². The average molecular weight is 195 g/mol.